The molecule has 1 aliphatic rings. The maximum absolute atomic E-state index is 12.3. The van der Waals surface area contributed by atoms with Gasteiger partial charge < -0.3 is 20.3 Å². The SMILES string of the molecule is CCN(CC1CCCN(C(=O)C(C)N)C1)C(=O)OCc1ccccc1. The van der Waals surface area contributed by atoms with Crippen molar-refractivity contribution < 1.29 is 14.3 Å². The number of rotatable bonds is 6. The second kappa shape index (κ2) is 9.42. The molecule has 0 bridgehead atoms. The zero-order valence-corrected chi connectivity index (χ0v) is 15.2. The van der Waals surface area contributed by atoms with Gasteiger partial charge in [0.2, 0.25) is 5.91 Å². The Hall–Kier alpha value is -2.08. The van der Waals surface area contributed by atoms with Crippen molar-refractivity contribution in [1.29, 1.82) is 0 Å². The summed E-state index contributed by atoms with van der Waals surface area (Å²) >= 11 is 0. The first-order valence-corrected chi connectivity index (χ1v) is 9.01. The van der Waals surface area contributed by atoms with E-state index in [1.807, 2.05) is 42.2 Å². The van der Waals surface area contributed by atoms with E-state index in [9.17, 15) is 9.59 Å². The van der Waals surface area contributed by atoms with Gasteiger partial charge in [0.05, 0.1) is 6.04 Å². The molecule has 1 heterocycles. The van der Waals surface area contributed by atoms with Gasteiger partial charge in [-0.3, -0.25) is 4.79 Å². The van der Waals surface area contributed by atoms with Gasteiger partial charge in [0, 0.05) is 26.2 Å². The van der Waals surface area contributed by atoms with Crippen LogP contribution in [0.4, 0.5) is 4.79 Å². The molecule has 1 aliphatic heterocycles. The number of carbonyl (C=O) groups excluding carboxylic acids is 2. The highest BCUT2D eigenvalue weighted by molar-refractivity contribution is 5.81. The Bertz CT molecular complexity index is 562. The summed E-state index contributed by atoms with van der Waals surface area (Å²) in [6, 6.07) is 9.17. The minimum atomic E-state index is -0.475. The van der Waals surface area contributed by atoms with Crippen LogP contribution in [0.2, 0.25) is 0 Å². The first-order chi connectivity index (χ1) is 12.0. The van der Waals surface area contributed by atoms with Crippen LogP contribution in [0.1, 0.15) is 32.3 Å². The van der Waals surface area contributed by atoms with Crippen molar-refractivity contribution in [1.82, 2.24) is 9.80 Å². The Morgan fingerprint density at radius 1 is 1.36 bits per heavy atom. The van der Waals surface area contributed by atoms with Gasteiger partial charge in [-0.05, 0) is 38.2 Å². The van der Waals surface area contributed by atoms with Gasteiger partial charge in [0.15, 0.2) is 0 Å². The van der Waals surface area contributed by atoms with E-state index in [0.717, 1.165) is 24.9 Å². The van der Waals surface area contributed by atoms with E-state index < -0.39 is 6.04 Å². The Balaban J connectivity index is 1.85. The number of nitrogens with two attached hydrogens (primary N) is 1. The maximum atomic E-state index is 12.3. The predicted octanol–water partition coefficient (Wildman–Crippen LogP) is 2.23. The first kappa shape index (κ1) is 19.2. The lowest BCUT2D eigenvalue weighted by Crippen LogP contribution is -2.49. The lowest BCUT2D eigenvalue weighted by atomic mass is 9.97. The number of piperidine rings is 1. The third kappa shape index (κ3) is 5.74. The summed E-state index contributed by atoms with van der Waals surface area (Å²) in [5, 5.41) is 0. The quantitative estimate of drug-likeness (QED) is 0.856. The molecule has 0 radical (unpaired) electrons. The Morgan fingerprint density at radius 2 is 2.08 bits per heavy atom. The smallest absolute Gasteiger partial charge is 0.410 e. The normalized spacial score (nSPS) is 18.5. The van der Waals surface area contributed by atoms with Crippen molar-refractivity contribution in [2.24, 2.45) is 11.7 Å². The second-order valence-corrected chi connectivity index (χ2v) is 6.66. The molecule has 1 aromatic carbocycles. The molecule has 6 nitrogen and oxygen atoms in total. The van der Waals surface area contributed by atoms with Crippen molar-refractivity contribution in [3.8, 4) is 0 Å². The maximum Gasteiger partial charge on any atom is 0.410 e. The van der Waals surface area contributed by atoms with Crippen molar-refractivity contribution in [2.75, 3.05) is 26.2 Å². The average molecular weight is 347 g/mol. The lowest BCUT2D eigenvalue weighted by Gasteiger charge is -2.36. The van der Waals surface area contributed by atoms with Crippen LogP contribution in [0.15, 0.2) is 30.3 Å². The summed E-state index contributed by atoms with van der Waals surface area (Å²) in [4.78, 5) is 28.0. The number of likely N-dealkylation sites (tertiary alicyclic amines) is 1. The third-order valence-corrected chi connectivity index (χ3v) is 4.54. The minimum absolute atomic E-state index is 0.0144. The van der Waals surface area contributed by atoms with E-state index >= 15 is 0 Å². The average Bonchev–Trinajstić information content (AvgIpc) is 2.64. The fourth-order valence-corrected chi connectivity index (χ4v) is 3.16. The van der Waals surface area contributed by atoms with Crippen LogP contribution < -0.4 is 5.73 Å². The van der Waals surface area contributed by atoms with Gasteiger partial charge in [0.1, 0.15) is 6.61 Å². The minimum Gasteiger partial charge on any atom is -0.445 e. The first-order valence-electron chi connectivity index (χ1n) is 9.01. The van der Waals surface area contributed by atoms with E-state index in [2.05, 4.69) is 0 Å². The highest BCUT2D eigenvalue weighted by Gasteiger charge is 2.27. The molecular formula is C19H29N3O3. The Morgan fingerprint density at radius 3 is 2.72 bits per heavy atom. The fraction of sp³-hybridized carbons (Fsp3) is 0.579. The molecule has 2 atom stereocenters. The number of nitrogens with zero attached hydrogens (tertiary/aromatic N) is 2. The van der Waals surface area contributed by atoms with Crippen LogP contribution in [0.5, 0.6) is 0 Å². The topological polar surface area (TPSA) is 75.9 Å². The van der Waals surface area contributed by atoms with Gasteiger partial charge in [-0.15, -0.1) is 0 Å². The van der Waals surface area contributed by atoms with E-state index in [1.54, 1.807) is 11.8 Å². The van der Waals surface area contributed by atoms with Crippen LogP contribution in [-0.4, -0.2) is 54.0 Å². The Kier molecular flexibility index (Phi) is 7.25. The van der Waals surface area contributed by atoms with Gasteiger partial charge >= 0.3 is 6.09 Å². The molecule has 1 fully saturated rings. The van der Waals surface area contributed by atoms with Gasteiger partial charge in [-0.1, -0.05) is 30.3 Å². The Labute approximate surface area is 149 Å². The number of hydrogen-bond acceptors (Lipinski definition) is 4. The standard InChI is InChI=1S/C19H29N3O3/c1-3-21(19(24)25-14-16-8-5-4-6-9-16)12-17-10-7-11-22(13-17)18(23)15(2)20/h4-6,8-9,15,17H,3,7,10-14,20H2,1-2H3. The number of amides is 2. The molecule has 0 aliphatic carbocycles. The number of carbonyl (C=O) groups is 2. The number of hydrogen-bond donors (Lipinski definition) is 1. The van der Waals surface area contributed by atoms with Crippen molar-refractivity contribution in [3.63, 3.8) is 0 Å². The molecule has 2 amide bonds. The number of benzene rings is 1. The highest BCUT2D eigenvalue weighted by atomic mass is 16.6. The summed E-state index contributed by atoms with van der Waals surface area (Å²) < 4.78 is 5.42. The summed E-state index contributed by atoms with van der Waals surface area (Å²) in [5.41, 5.74) is 6.68. The third-order valence-electron chi connectivity index (χ3n) is 4.54. The molecule has 2 rings (SSSR count). The van der Waals surface area contributed by atoms with E-state index in [1.165, 1.54) is 0 Å². The molecule has 0 saturated carbocycles. The summed E-state index contributed by atoms with van der Waals surface area (Å²) in [6.45, 7) is 6.53. The zero-order chi connectivity index (χ0) is 18.2. The molecule has 6 heteroatoms. The van der Waals surface area contributed by atoms with Crippen molar-refractivity contribution >= 4 is 12.0 Å². The largest absolute Gasteiger partial charge is 0.445 e. The van der Waals surface area contributed by atoms with E-state index in [4.69, 9.17) is 10.5 Å². The highest BCUT2D eigenvalue weighted by Crippen LogP contribution is 2.19. The van der Waals surface area contributed by atoms with Gasteiger partial charge in [-0.2, -0.15) is 0 Å². The zero-order valence-electron chi connectivity index (χ0n) is 15.2. The summed E-state index contributed by atoms with van der Waals surface area (Å²) in [6.07, 6.45) is 1.65. The lowest BCUT2D eigenvalue weighted by molar-refractivity contribution is -0.134. The van der Waals surface area contributed by atoms with Crippen LogP contribution >= 0.6 is 0 Å². The van der Waals surface area contributed by atoms with Crippen molar-refractivity contribution in [2.45, 2.75) is 39.3 Å². The van der Waals surface area contributed by atoms with Crippen LogP contribution in [0, 0.1) is 5.92 Å². The molecule has 2 unspecified atom stereocenters. The van der Waals surface area contributed by atoms with Crippen LogP contribution in [0.3, 0.4) is 0 Å². The molecule has 1 saturated heterocycles. The molecule has 0 spiro atoms. The van der Waals surface area contributed by atoms with Gasteiger partial charge in [-0.25, -0.2) is 4.79 Å². The van der Waals surface area contributed by atoms with Crippen molar-refractivity contribution in [3.05, 3.63) is 35.9 Å². The second-order valence-electron chi connectivity index (χ2n) is 6.66. The fourth-order valence-electron chi connectivity index (χ4n) is 3.16. The monoisotopic (exact) mass is 347 g/mol. The molecular weight excluding hydrogens is 318 g/mol. The molecule has 1 aromatic rings. The molecule has 0 aromatic heterocycles. The molecule has 2 N–H and O–H groups in total. The van der Waals surface area contributed by atoms with E-state index in [0.29, 0.717) is 19.6 Å². The molecule has 25 heavy (non-hydrogen) atoms. The number of ether oxygens (including phenoxy) is 1. The summed E-state index contributed by atoms with van der Waals surface area (Å²) in [5.74, 6) is 0.250. The predicted molar refractivity (Wildman–Crippen MR) is 96.8 cm³/mol. The molecule has 138 valence electrons. The summed E-state index contributed by atoms with van der Waals surface area (Å²) in [7, 11) is 0. The van der Waals surface area contributed by atoms with Crippen LogP contribution in [-0.2, 0) is 16.1 Å². The van der Waals surface area contributed by atoms with Gasteiger partial charge in [0.25, 0.3) is 0 Å². The van der Waals surface area contributed by atoms with Crippen LogP contribution in [0.25, 0.3) is 0 Å². The van der Waals surface area contributed by atoms with E-state index in [-0.39, 0.29) is 24.5 Å².